The Balaban J connectivity index is 2.06. The first-order valence-electron chi connectivity index (χ1n) is 9.41. The van der Waals surface area contributed by atoms with Gasteiger partial charge in [-0.05, 0) is 55.0 Å². The summed E-state index contributed by atoms with van der Waals surface area (Å²) in [5.74, 6) is -0.967. The Hall–Kier alpha value is -3.56. The average Bonchev–Trinajstić information content (AvgIpc) is 3.03. The Kier molecular flexibility index (Phi) is 7.34. The number of carbonyl (C=O) groups excluding carboxylic acids is 2. The summed E-state index contributed by atoms with van der Waals surface area (Å²) in [4.78, 5) is 48.0. The third-order valence-corrected chi connectivity index (χ3v) is 5.65. The van der Waals surface area contributed by atoms with E-state index >= 15 is 0 Å². The summed E-state index contributed by atoms with van der Waals surface area (Å²) in [5, 5.41) is 11.3. The zero-order valence-corrected chi connectivity index (χ0v) is 18.4. The van der Waals surface area contributed by atoms with E-state index in [1.165, 1.54) is 28.8 Å². The van der Waals surface area contributed by atoms with Crippen LogP contribution in [0.15, 0.2) is 53.3 Å². The molecule has 0 fully saturated rings. The van der Waals surface area contributed by atoms with Crippen molar-refractivity contribution in [1.29, 1.82) is 0 Å². The summed E-state index contributed by atoms with van der Waals surface area (Å²) < 4.78 is 6.65. The SMILES string of the molecule is CCOC(=O)C=c1sc(=Cc2ccc([N+](=O)[O-])cc2)c(=O)n1CC(=O)c1ccc(Cl)cc1. The van der Waals surface area contributed by atoms with Crippen LogP contribution >= 0.6 is 22.9 Å². The molecular formula is C22H17ClN2O6S. The van der Waals surface area contributed by atoms with E-state index in [0.29, 0.717) is 16.1 Å². The molecule has 3 aromatic rings. The second-order valence-electron chi connectivity index (χ2n) is 6.52. The van der Waals surface area contributed by atoms with Crippen molar-refractivity contribution >= 4 is 52.5 Å². The summed E-state index contributed by atoms with van der Waals surface area (Å²) in [5.41, 5.74) is 0.394. The molecule has 1 aromatic heterocycles. The van der Waals surface area contributed by atoms with E-state index in [0.717, 1.165) is 17.4 Å². The third-order valence-electron chi connectivity index (χ3n) is 4.33. The van der Waals surface area contributed by atoms with Gasteiger partial charge in [-0.3, -0.25) is 24.3 Å². The molecule has 0 aliphatic carbocycles. The van der Waals surface area contributed by atoms with Crippen molar-refractivity contribution in [2.24, 2.45) is 0 Å². The quantitative estimate of drug-likeness (QED) is 0.226. The van der Waals surface area contributed by atoms with Gasteiger partial charge in [-0.1, -0.05) is 11.6 Å². The molecule has 32 heavy (non-hydrogen) atoms. The summed E-state index contributed by atoms with van der Waals surface area (Å²) in [6, 6.07) is 11.9. The maximum atomic E-state index is 13.0. The second kappa shape index (κ2) is 10.2. The van der Waals surface area contributed by atoms with Gasteiger partial charge in [0.2, 0.25) is 0 Å². The minimum absolute atomic E-state index is 0.0735. The summed E-state index contributed by atoms with van der Waals surface area (Å²) >= 11 is 6.88. The van der Waals surface area contributed by atoms with Crippen LogP contribution in [0.3, 0.4) is 0 Å². The largest absolute Gasteiger partial charge is 0.463 e. The van der Waals surface area contributed by atoms with Crippen molar-refractivity contribution in [3.8, 4) is 0 Å². The van der Waals surface area contributed by atoms with Crippen LogP contribution in [-0.4, -0.2) is 27.8 Å². The Morgan fingerprint density at radius 2 is 1.81 bits per heavy atom. The Morgan fingerprint density at radius 3 is 2.41 bits per heavy atom. The summed E-state index contributed by atoms with van der Waals surface area (Å²) in [7, 11) is 0. The van der Waals surface area contributed by atoms with Gasteiger partial charge in [0.25, 0.3) is 11.2 Å². The lowest BCUT2D eigenvalue weighted by Crippen LogP contribution is -2.34. The van der Waals surface area contributed by atoms with Gasteiger partial charge < -0.3 is 4.74 Å². The van der Waals surface area contributed by atoms with Crippen LogP contribution in [0, 0.1) is 10.1 Å². The number of ketones is 1. The number of carbonyl (C=O) groups is 2. The van der Waals surface area contributed by atoms with E-state index in [-0.39, 0.29) is 33.8 Å². The number of esters is 1. The highest BCUT2D eigenvalue weighted by Gasteiger charge is 2.13. The molecule has 0 bridgehead atoms. The maximum absolute atomic E-state index is 13.0. The van der Waals surface area contributed by atoms with Crippen LogP contribution in [0.1, 0.15) is 22.8 Å². The molecule has 8 nitrogen and oxygen atoms in total. The normalized spacial score (nSPS) is 12.1. The molecule has 0 aliphatic rings. The van der Waals surface area contributed by atoms with Crippen molar-refractivity contribution in [2.45, 2.75) is 13.5 Å². The van der Waals surface area contributed by atoms with Gasteiger partial charge in [-0.2, -0.15) is 0 Å². The van der Waals surface area contributed by atoms with E-state index in [1.807, 2.05) is 0 Å². The molecule has 0 aliphatic heterocycles. The van der Waals surface area contributed by atoms with Crippen LogP contribution in [0.25, 0.3) is 12.2 Å². The molecule has 0 radical (unpaired) electrons. The lowest BCUT2D eigenvalue weighted by molar-refractivity contribution is -0.384. The van der Waals surface area contributed by atoms with Crippen molar-refractivity contribution in [1.82, 2.24) is 4.57 Å². The molecule has 0 saturated carbocycles. The number of nitro groups is 1. The first kappa shape index (κ1) is 23.1. The first-order chi connectivity index (χ1) is 15.3. The first-order valence-corrected chi connectivity index (χ1v) is 10.6. The molecule has 2 aromatic carbocycles. The molecule has 0 saturated heterocycles. The van der Waals surface area contributed by atoms with E-state index in [2.05, 4.69) is 0 Å². The van der Waals surface area contributed by atoms with Crippen LogP contribution in [0.4, 0.5) is 5.69 Å². The summed E-state index contributed by atoms with van der Waals surface area (Å²) in [6.07, 6.45) is 2.71. The molecule has 0 N–H and O–H groups in total. The number of halogens is 1. The zero-order chi connectivity index (χ0) is 23.3. The number of Topliss-reactive ketones (excluding diaryl/α,β-unsaturated/α-hetero) is 1. The van der Waals surface area contributed by atoms with Crippen molar-refractivity contribution in [3.05, 3.63) is 94.3 Å². The van der Waals surface area contributed by atoms with Gasteiger partial charge in [0.1, 0.15) is 4.66 Å². The highest BCUT2D eigenvalue weighted by Crippen LogP contribution is 2.12. The third kappa shape index (κ3) is 5.57. The van der Waals surface area contributed by atoms with Crippen LogP contribution in [0.2, 0.25) is 5.02 Å². The number of aromatic nitrogens is 1. The van der Waals surface area contributed by atoms with Gasteiger partial charge in [-0.25, -0.2) is 4.79 Å². The molecule has 10 heteroatoms. The molecule has 0 atom stereocenters. The Bertz CT molecular complexity index is 1340. The van der Waals surface area contributed by atoms with Gasteiger partial charge in [0.15, 0.2) is 5.78 Å². The van der Waals surface area contributed by atoms with Gasteiger partial charge in [-0.15, -0.1) is 11.3 Å². The fourth-order valence-corrected chi connectivity index (χ4v) is 3.95. The fourth-order valence-electron chi connectivity index (χ4n) is 2.79. The minimum Gasteiger partial charge on any atom is -0.463 e. The topological polar surface area (TPSA) is 109 Å². The summed E-state index contributed by atoms with van der Waals surface area (Å²) in [6.45, 7) is 1.54. The standard InChI is InChI=1S/C22H17ClN2O6S/c1-2-31-21(27)12-20-24(13-18(26)15-5-7-16(23)8-6-15)22(28)19(32-20)11-14-3-9-17(10-4-14)25(29)30/h3-12H,2,13H2,1H3. The monoisotopic (exact) mass is 472 g/mol. The van der Waals surface area contributed by atoms with E-state index in [1.54, 1.807) is 37.3 Å². The number of nitro benzene ring substituents is 1. The number of rotatable bonds is 7. The highest BCUT2D eigenvalue weighted by molar-refractivity contribution is 7.07. The lowest BCUT2D eigenvalue weighted by Gasteiger charge is -2.03. The average molecular weight is 473 g/mol. The van der Waals surface area contributed by atoms with E-state index < -0.39 is 16.5 Å². The number of hydrogen-bond acceptors (Lipinski definition) is 7. The lowest BCUT2D eigenvalue weighted by atomic mass is 10.1. The number of nitrogens with zero attached hydrogens (tertiary/aromatic N) is 2. The smallest absolute Gasteiger partial charge is 0.333 e. The van der Waals surface area contributed by atoms with Gasteiger partial charge in [0, 0.05) is 22.7 Å². The molecule has 0 amide bonds. The Morgan fingerprint density at radius 1 is 1.16 bits per heavy atom. The maximum Gasteiger partial charge on any atom is 0.333 e. The predicted molar refractivity (Wildman–Crippen MR) is 121 cm³/mol. The van der Waals surface area contributed by atoms with Gasteiger partial charge in [0.05, 0.1) is 28.7 Å². The van der Waals surface area contributed by atoms with Crippen molar-refractivity contribution < 1.29 is 19.2 Å². The number of non-ortho nitro benzene ring substituents is 1. The van der Waals surface area contributed by atoms with Crippen LogP contribution in [0.5, 0.6) is 0 Å². The minimum atomic E-state index is -0.636. The van der Waals surface area contributed by atoms with E-state index in [9.17, 15) is 24.5 Å². The predicted octanol–water partition coefficient (Wildman–Crippen LogP) is 2.53. The molecule has 3 rings (SSSR count). The number of ether oxygens (including phenoxy) is 1. The second-order valence-corrected chi connectivity index (χ2v) is 8.01. The fraction of sp³-hybridized carbons (Fsp3) is 0.136. The molecule has 1 heterocycles. The van der Waals surface area contributed by atoms with E-state index in [4.69, 9.17) is 16.3 Å². The zero-order valence-electron chi connectivity index (χ0n) is 16.8. The number of hydrogen-bond donors (Lipinski definition) is 0. The van der Waals surface area contributed by atoms with Gasteiger partial charge >= 0.3 is 5.97 Å². The van der Waals surface area contributed by atoms with Crippen LogP contribution < -0.4 is 14.8 Å². The van der Waals surface area contributed by atoms with Crippen molar-refractivity contribution in [2.75, 3.05) is 6.61 Å². The number of thiazole rings is 1. The molecular weight excluding hydrogens is 456 g/mol. The number of benzene rings is 2. The highest BCUT2D eigenvalue weighted by atomic mass is 35.5. The Labute approximate surface area is 190 Å². The van der Waals surface area contributed by atoms with Crippen molar-refractivity contribution in [3.63, 3.8) is 0 Å². The molecule has 0 unspecified atom stereocenters. The molecule has 0 spiro atoms. The van der Waals surface area contributed by atoms with Crippen LogP contribution in [-0.2, 0) is 16.1 Å². The molecule has 164 valence electrons.